The molecule has 1 aliphatic carbocycles. The average molecular weight is 251 g/mol. The number of anilines is 1. The zero-order valence-corrected chi connectivity index (χ0v) is 10.7. The second-order valence-electron chi connectivity index (χ2n) is 4.91. The maximum Gasteiger partial charge on any atom is 0.221 e. The number of benzene rings is 1. The van der Waals surface area contributed by atoms with E-state index in [1.807, 2.05) is 6.92 Å². The Balaban J connectivity index is 2.49. The summed E-state index contributed by atoms with van der Waals surface area (Å²) in [6.07, 6.45) is 2.84. The van der Waals surface area contributed by atoms with Gasteiger partial charge in [0.25, 0.3) is 0 Å². The van der Waals surface area contributed by atoms with Crippen LogP contribution in [0.4, 0.5) is 10.1 Å². The van der Waals surface area contributed by atoms with E-state index < -0.39 is 5.60 Å². The lowest BCUT2D eigenvalue weighted by Crippen LogP contribution is -2.35. The third-order valence-corrected chi connectivity index (χ3v) is 3.56. The van der Waals surface area contributed by atoms with Gasteiger partial charge >= 0.3 is 0 Å². The maximum atomic E-state index is 13.8. The molecule has 1 fully saturated rings. The van der Waals surface area contributed by atoms with E-state index in [0.717, 1.165) is 6.42 Å². The lowest BCUT2D eigenvalue weighted by atomic mass is 9.74. The zero-order valence-electron chi connectivity index (χ0n) is 10.7. The molecule has 4 heteroatoms. The Labute approximate surface area is 106 Å². The molecule has 1 saturated carbocycles. The van der Waals surface area contributed by atoms with Gasteiger partial charge in [-0.2, -0.15) is 0 Å². The first-order chi connectivity index (χ1) is 8.46. The number of hydrogen-bond donors (Lipinski definition) is 2. The van der Waals surface area contributed by atoms with Crippen LogP contribution >= 0.6 is 0 Å². The Kier molecular flexibility index (Phi) is 3.39. The minimum Gasteiger partial charge on any atom is -0.385 e. The van der Waals surface area contributed by atoms with Crippen LogP contribution in [0.1, 0.15) is 44.2 Å². The van der Waals surface area contributed by atoms with Crippen molar-refractivity contribution in [3.8, 4) is 0 Å². The van der Waals surface area contributed by atoms with E-state index in [0.29, 0.717) is 36.1 Å². The van der Waals surface area contributed by atoms with Gasteiger partial charge in [0.1, 0.15) is 5.82 Å². The normalized spacial score (nSPS) is 17.1. The number of hydrogen-bond acceptors (Lipinski definition) is 2. The second kappa shape index (κ2) is 4.69. The van der Waals surface area contributed by atoms with Crippen molar-refractivity contribution in [2.45, 2.75) is 45.1 Å². The highest BCUT2D eigenvalue weighted by molar-refractivity contribution is 5.89. The first kappa shape index (κ1) is 13.0. The van der Waals surface area contributed by atoms with Crippen LogP contribution < -0.4 is 5.32 Å². The largest absolute Gasteiger partial charge is 0.385 e. The van der Waals surface area contributed by atoms with Gasteiger partial charge in [-0.1, -0.05) is 6.92 Å². The lowest BCUT2D eigenvalue weighted by Gasteiger charge is -2.38. The number of rotatable bonds is 3. The number of amides is 1. The van der Waals surface area contributed by atoms with Gasteiger partial charge in [-0.25, -0.2) is 4.39 Å². The predicted molar refractivity (Wildman–Crippen MR) is 67.8 cm³/mol. The first-order valence-corrected chi connectivity index (χ1v) is 6.29. The van der Waals surface area contributed by atoms with E-state index in [4.69, 9.17) is 0 Å². The van der Waals surface area contributed by atoms with Gasteiger partial charge in [-0.3, -0.25) is 4.79 Å². The van der Waals surface area contributed by atoms with E-state index in [1.54, 1.807) is 6.07 Å². The fourth-order valence-electron chi connectivity index (χ4n) is 2.35. The SMILES string of the molecule is CCc1cc(C2(O)CCC2)c(NC(C)=O)cc1F. The van der Waals surface area contributed by atoms with Gasteiger partial charge < -0.3 is 10.4 Å². The molecule has 0 unspecified atom stereocenters. The smallest absolute Gasteiger partial charge is 0.221 e. The van der Waals surface area contributed by atoms with Gasteiger partial charge in [0.05, 0.1) is 5.60 Å². The van der Waals surface area contributed by atoms with Crippen molar-refractivity contribution < 1.29 is 14.3 Å². The van der Waals surface area contributed by atoms with E-state index in [9.17, 15) is 14.3 Å². The van der Waals surface area contributed by atoms with E-state index >= 15 is 0 Å². The molecule has 18 heavy (non-hydrogen) atoms. The molecule has 0 aliphatic heterocycles. The molecule has 98 valence electrons. The molecule has 0 atom stereocenters. The molecule has 0 spiro atoms. The summed E-state index contributed by atoms with van der Waals surface area (Å²) < 4.78 is 13.8. The maximum absolute atomic E-state index is 13.8. The highest BCUT2D eigenvalue weighted by Gasteiger charge is 2.38. The topological polar surface area (TPSA) is 49.3 Å². The van der Waals surface area contributed by atoms with Crippen LogP contribution in [0.2, 0.25) is 0 Å². The Hall–Kier alpha value is -1.42. The van der Waals surface area contributed by atoms with Crippen molar-refractivity contribution in [3.63, 3.8) is 0 Å². The number of aryl methyl sites for hydroxylation is 1. The average Bonchev–Trinajstić information content (AvgIpc) is 2.25. The molecule has 1 aliphatic rings. The molecule has 0 aromatic heterocycles. The molecule has 0 bridgehead atoms. The van der Waals surface area contributed by atoms with Crippen LogP contribution in [0, 0.1) is 5.82 Å². The van der Waals surface area contributed by atoms with E-state index in [1.165, 1.54) is 13.0 Å². The van der Waals surface area contributed by atoms with Crippen molar-refractivity contribution in [1.82, 2.24) is 0 Å². The summed E-state index contributed by atoms with van der Waals surface area (Å²) >= 11 is 0. The first-order valence-electron chi connectivity index (χ1n) is 6.29. The summed E-state index contributed by atoms with van der Waals surface area (Å²) in [4.78, 5) is 11.1. The number of aliphatic hydroxyl groups is 1. The van der Waals surface area contributed by atoms with Crippen molar-refractivity contribution >= 4 is 11.6 Å². The van der Waals surface area contributed by atoms with Crippen LogP contribution in [0.15, 0.2) is 12.1 Å². The zero-order chi connectivity index (χ0) is 13.3. The van der Waals surface area contributed by atoms with E-state index in [2.05, 4.69) is 5.32 Å². The molecular weight excluding hydrogens is 233 g/mol. The van der Waals surface area contributed by atoms with Crippen LogP contribution in [-0.4, -0.2) is 11.0 Å². The third-order valence-electron chi connectivity index (χ3n) is 3.56. The molecule has 0 heterocycles. The summed E-state index contributed by atoms with van der Waals surface area (Å²) in [5, 5.41) is 13.0. The standard InChI is InChI=1S/C14H18FNO2/c1-3-10-7-11(14(18)5-4-6-14)13(8-12(10)15)16-9(2)17/h7-8,18H,3-6H2,1-2H3,(H,16,17). The van der Waals surface area contributed by atoms with Crippen LogP contribution in [0.25, 0.3) is 0 Å². The van der Waals surface area contributed by atoms with Gasteiger partial charge in [0.2, 0.25) is 5.91 Å². The Bertz CT molecular complexity index is 481. The summed E-state index contributed by atoms with van der Waals surface area (Å²) in [6, 6.07) is 2.99. The summed E-state index contributed by atoms with van der Waals surface area (Å²) in [7, 11) is 0. The number of carbonyl (C=O) groups is 1. The molecular formula is C14H18FNO2. The molecule has 0 saturated heterocycles. The Morgan fingerprint density at radius 1 is 1.50 bits per heavy atom. The quantitative estimate of drug-likeness (QED) is 0.867. The minimum atomic E-state index is -0.907. The molecule has 1 aromatic carbocycles. The van der Waals surface area contributed by atoms with Crippen molar-refractivity contribution in [1.29, 1.82) is 0 Å². The number of nitrogens with one attached hydrogen (secondary N) is 1. The molecule has 2 rings (SSSR count). The van der Waals surface area contributed by atoms with Gasteiger partial charge in [-0.05, 0) is 43.4 Å². The monoisotopic (exact) mass is 251 g/mol. The number of halogens is 1. The molecule has 2 N–H and O–H groups in total. The number of carbonyl (C=O) groups excluding carboxylic acids is 1. The molecule has 1 aromatic rings. The minimum absolute atomic E-state index is 0.261. The second-order valence-corrected chi connectivity index (χ2v) is 4.91. The molecule has 0 radical (unpaired) electrons. The molecule has 3 nitrogen and oxygen atoms in total. The Morgan fingerprint density at radius 2 is 2.17 bits per heavy atom. The van der Waals surface area contributed by atoms with Gasteiger partial charge in [-0.15, -0.1) is 0 Å². The van der Waals surface area contributed by atoms with Crippen LogP contribution in [0.5, 0.6) is 0 Å². The van der Waals surface area contributed by atoms with Crippen molar-refractivity contribution in [2.24, 2.45) is 0 Å². The van der Waals surface area contributed by atoms with Crippen molar-refractivity contribution in [2.75, 3.05) is 5.32 Å². The highest BCUT2D eigenvalue weighted by Crippen LogP contribution is 2.44. The van der Waals surface area contributed by atoms with Crippen LogP contribution in [-0.2, 0) is 16.8 Å². The van der Waals surface area contributed by atoms with Crippen molar-refractivity contribution in [3.05, 3.63) is 29.1 Å². The van der Waals surface area contributed by atoms with Gasteiger partial charge in [0.15, 0.2) is 0 Å². The third kappa shape index (κ3) is 2.25. The Morgan fingerprint density at radius 3 is 2.61 bits per heavy atom. The lowest BCUT2D eigenvalue weighted by molar-refractivity contribution is -0.114. The highest BCUT2D eigenvalue weighted by atomic mass is 19.1. The molecule has 1 amide bonds. The van der Waals surface area contributed by atoms with E-state index in [-0.39, 0.29) is 11.7 Å². The fourth-order valence-corrected chi connectivity index (χ4v) is 2.35. The predicted octanol–water partition coefficient (Wildman–Crippen LogP) is 2.72. The summed E-state index contributed by atoms with van der Waals surface area (Å²) in [5.74, 6) is -0.601. The summed E-state index contributed by atoms with van der Waals surface area (Å²) in [5.41, 5.74) is 0.691. The summed E-state index contributed by atoms with van der Waals surface area (Å²) in [6.45, 7) is 3.24. The van der Waals surface area contributed by atoms with Crippen LogP contribution in [0.3, 0.4) is 0 Å². The van der Waals surface area contributed by atoms with Gasteiger partial charge in [0, 0.05) is 18.2 Å². The fraction of sp³-hybridized carbons (Fsp3) is 0.500.